The average Bonchev–Trinajstić information content (AvgIpc) is 2.79. The molecule has 0 atom stereocenters. The molecule has 29 heavy (non-hydrogen) atoms. The molecular weight excluding hydrogens is 362 g/mol. The highest BCUT2D eigenvalue weighted by atomic mass is 16.5. The van der Waals surface area contributed by atoms with E-state index >= 15 is 0 Å². The molecular formula is C24H17N3O2. The van der Waals surface area contributed by atoms with Gasteiger partial charge in [0.1, 0.15) is 0 Å². The van der Waals surface area contributed by atoms with Crippen LogP contribution in [0.25, 0.3) is 28.1 Å². The van der Waals surface area contributed by atoms with Crippen LogP contribution in [0, 0.1) is 11.3 Å². The van der Waals surface area contributed by atoms with E-state index in [1.165, 1.54) is 6.07 Å². The number of ether oxygens (including phenoxy) is 1. The topological polar surface area (TPSA) is 67.9 Å². The minimum atomic E-state index is -0.136. The average molecular weight is 379 g/mol. The van der Waals surface area contributed by atoms with Crippen LogP contribution in [0.4, 0.5) is 0 Å². The summed E-state index contributed by atoms with van der Waals surface area (Å²) in [6.07, 6.45) is 1.72. The lowest BCUT2D eigenvalue weighted by Crippen LogP contribution is -2.15. The molecule has 0 bridgehead atoms. The number of benzene rings is 2. The van der Waals surface area contributed by atoms with Gasteiger partial charge in [-0.3, -0.25) is 9.36 Å². The molecule has 0 amide bonds. The van der Waals surface area contributed by atoms with Crippen molar-refractivity contribution in [2.75, 3.05) is 7.11 Å². The predicted molar refractivity (Wildman–Crippen MR) is 112 cm³/mol. The van der Waals surface area contributed by atoms with Crippen LogP contribution in [-0.2, 0) is 0 Å². The quantitative estimate of drug-likeness (QED) is 0.525. The number of aromatic nitrogens is 2. The summed E-state index contributed by atoms with van der Waals surface area (Å²) in [5.74, 6) is 0.503. The molecule has 0 saturated carbocycles. The molecule has 0 fully saturated rings. The van der Waals surface area contributed by atoms with Gasteiger partial charge in [-0.1, -0.05) is 30.3 Å². The van der Waals surface area contributed by atoms with Crippen LogP contribution in [-0.4, -0.2) is 16.7 Å². The zero-order valence-electron chi connectivity index (χ0n) is 15.7. The standard InChI is InChI=1S/C24H17N3O2/c1-29-23-10-6-9-22(26-23)19-13-18(21-8-3-2-7-17(21)16-25)14-20(15-19)27-12-5-4-11-24(27)28/h2-15H,1H3. The highest BCUT2D eigenvalue weighted by Gasteiger charge is 2.11. The number of nitrogens with zero attached hydrogens (tertiary/aromatic N) is 3. The van der Waals surface area contributed by atoms with Crippen molar-refractivity contribution in [1.82, 2.24) is 9.55 Å². The number of pyridine rings is 2. The summed E-state index contributed by atoms with van der Waals surface area (Å²) in [7, 11) is 1.57. The first-order valence-corrected chi connectivity index (χ1v) is 9.03. The van der Waals surface area contributed by atoms with Crippen LogP contribution in [0.5, 0.6) is 5.88 Å². The molecule has 5 nitrogen and oxygen atoms in total. The van der Waals surface area contributed by atoms with Gasteiger partial charge in [0.15, 0.2) is 0 Å². The lowest BCUT2D eigenvalue weighted by atomic mass is 9.96. The van der Waals surface area contributed by atoms with Crippen LogP contribution >= 0.6 is 0 Å². The van der Waals surface area contributed by atoms with Crippen LogP contribution in [0.15, 0.2) is 89.9 Å². The second-order valence-electron chi connectivity index (χ2n) is 6.40. The summed E-state index contributed by atoms with van der Waals surface area (Å²) < 4.78 is 6.82. The zero-order chi connectivity index (χ0) is 20.2. The van der Waals surface area contributed by atoms with E-state index in [-0.39, 0.29) is 5.56 Å². The molecule has 0 radical (unpaired) electrons. The normalized spacial score (nSPS) is 10.3. The summed E-state index contributed by atoms with van der Waals surface area (Å²) in [4.78, 5) is 16.9. The summed E-state index contributed by atoms with van der Waals surface area (Å²) in [6.45, 7) is 0. The smallest absolute Gasteiger partial charge is 0.255 e. The van der Waals surface area contributed by atoms with Gasteiger partial charge in [0.05, 0.1) is 24.4 Å². The Balaban J connectivity index is 1.99. The van der Waals surface area contributed by atoms with E-state index in [0.29, 0.717) is 22.8 Å². The Labute approximate surface area is 168 Å². The van der Waals surface area contributed by atoms with E-state index in [1.54, 1.807) is 42.1 Å². The Morgan fingerprint density at radius 2 is 1.72 bits per heavy atom. The maximum atomic E-state index is 12.4. The Bertz CT molecular complexity index is 1290. The summed E-state index contributed by atoms with van der Waals surface area (Å²) in [5, 5.41) is 9.53. The molecule has 0 aliphatic heterocycles. The van der Waals surface area contributed by atoms with Gasteiger partial charge < -0.3 is 4.74 Å². The Hall–Kier alpha value is -4.17. The molecule has 0 aliphatic rings. The third-order valence-electron chi connectivity index (χ3n) is 4.61. The van der Waals surface area contributed by atoms with E-state index in [2.05, 4.69) is 11.1 Å². The van der Waals surface area contributed by atoms with Crippen molar-refractivity contribution in [1.29, 1.82) is 5.26 Å². The van der Waals surface area contributed by atoms with Crippen molar-refractivity contribution in [3.63, 3.8) is 0 Å². The molecule has 2 heterocycles. The first kappa shape index (κ1) is 18.2. The zero-order valence-corrected chi connectivity index (χ0v) is 15.7. The van der Waals surface area contributed by atoms with Gasteiger partial charge in [0, 0.05) is 29.6 Å². The van der Waals surface area contributed by atoms with Crippen molar-refractivity contribution in [3.05, 3.63) is 101 Å². The molecule has 2 aromatic heterocycles. The molecule has 2 aromatic carbocycles. The highest BCUT2D eigenvalue weighted by molar-refractivity contribution is 5.78. The van der Waals surface area contributed by atoms with Gasteiger partial charge in [-0.2, -0.15) is 5.26 Å². The monoisotopic (exact) mass is 379 g/mol. The van der Waals surface area contributed by atoms with E-state index in [0.717, 1.165) is 16.7 Å². The Morgan fingerprint density at radius 1 is 0.931 bits per heavy atom. The van der Waals surface area contributed by atoms with E-state index in [1.807, 2.05) is 48.5 Å². The summed E-state index contributed by atoms with van der Waals surface area (Å²) in [5.41, 5.74) is 4.28. The summed E-state index contributed by atoms with van der Waals surface area (Å²) >= 11 is 0. The van der Waals surface area contributed by atoms with E-state index in [9.17, 15) is 10.1 Å². The Kier molecular flexibility index (Phi) is 4.91. The number of hydrogen-bond acceptors (Lipinski definition) is 4. The van der Waals surface area contributed by atoms with Gasteiger partial charge in [-0.25, -0.2) is 4.98 Å². The van der Waals surface area contributed by atoms with Crippen molar-refractivity contribution in [3.8, 4) is 40.0 Å². The highest BCUT2D eigenvalue weighted by Crippen LogP contribution is 2.31. The molecule has 0 N–H and O–H groups in total. The third-order valence-corrected chi connectivity index (χ3v) is 4.61. The van der Waals surface area contributed by atoms with Crippen molar-refractivity contribution >= 4 is 0 Å². The van der Waals surface area contributed by atoms with Crippen LogP contribution in [0.1, 0.15) is 5.56 Å². The number of rotatable bonds is 4. The first-order valence-electron chi connectivity index (χ1n) is 9.03. The van der Waals surface area contributed by atoms with E-state index in [4.69, 9.17) is 4.74 Å². The number of nitriles is 1. The molecule has 4 aromatic rings. The fourth-order valence-corrected chi connectivity index (χ4v) is 3.22. The molecule has 5 heteroatoms. The minimum absolute atomic E-state index is 0.136. The predicted octanol–water partition coefficient (Wildman–Crippen LogP) is 4.45. The van der Waals surface area contributed by atoms with Gasteiger partial charge >= 0.3 is 0 Å². The van der Waals surface area contributed by atoms with Crippen LogP contribution in [0.3, 0.4) is 0 Å². The molecule has 140 valence electrons. The summed E-state index contributed by atoms with van der Waals surface area (Å²) in [6, 6.07) is 26.0. The lowest BCUT2D eigenvalue weighted by molar-refractivity contribution is 0.398. The van der Waals surface area contributed by atoms with Crippen LogP contribution < -0.4 is 10.3 Å². The molecule has 4 rings (SSSR count). The maximum Gasteiger partial charge on any atom is 0.255 e. The molecule has 0 aliphatic carbocycles. The van der Waals surface area contributed by atoms with Crippen molar-refractivity contribution in [2.24, 2.45) is 0 Å². The molecule has 0 spiro atoms. The van der Waals surface area contributed by atoms with E-state index < -0.39 is 0 Å². The van der Waals surface area contributed by atoms with Crippen molar-refractivity contribution < 1.29 is 4.74 Å². The van der Waals surface area contributed by atoms with Gasteiger partial charge in [0.25, 0.3) is 5.56 Å². The van der Waals surface area contributed by atoms with Gasteiger partial charge in [0.2, 0.25) is 5.88 Å². The van der Waals surface area contributed by atoms with Crippen molar-refractivity contribution in [2.45, 2.75) is 0 Å². The molecule has 0 unspecified atom stereocenters. The fourth-order valence-electron chi connectivity index (χ4n) is 3.22. The second-order valence-corrected chi connectivity index (χ2v) is 6.40. The SMILES string of the molecule is COc1cccc(-c2cc(-c3ccccc3C#N)cc(-n3ccccc3=O)c2)n1. The fraction of sp³-hybridized carbons (Fsp3) is 0.0417. The number of methoxy groups -OCH3 is 1. The third kappa shape index (κ3) is 3.64. The van der Waals surface area contributed by atoms with Gasteiger partial charge in [-0.15, -0.1) is 0 Å². The number of hydrogen-bond donors (Lipinski definition) is 0. The Morgan fingerprint density at radius 3 is 2.52 bits per heavy atom. The first-order chi connectivity index (χ1) is 14.2. The maximum absolute atomic E-state index is 12.4. The minimum Gasteiger partial charge on any atom is -0.481 e. The van der Waals surface area contributed by atoms with Crippen LogP contribution in [0.2, 0.25) is 0 Å². The van der Waals surface area contributed by atoms with Gasteiger partial charge in [-0.05, 0) is 47.5 Å². The lowest BCUT2D eigenvalue weighted by Gasteiger charge is -2.13. The molecule has 0 saturated heterocycles. The largest absolute Gasteiger partial charge is 0.481 e. The second kappa shape index (κ2) is 7.83.